The number of likely N-dealkylation sites (tertiary alicyclic amines) is 1. The van der Waals surface area contributed by atoms with Crippen molar-refractivity contribution in [1.82, 2.24) is 4.90 Å². The predicted molar refractivity (Wildman–Crippen MR) is 59.1 cm³/mol. The van der Waals surface area contributed by atoms with Crippen LogP contribution in [0.25, 0.3) is 0 Å². The molecule has 3 N–H and O–H groups in total. The Labute approximate surface area is 87.3 Å². The largest absolute Gasteiger partial charge is 0.388 e. The molecule has 1 fully saturated rings. The van der Waals surface area contributed by atoms with E-state index in [0.29, 0.717) is 6.54 Å². The average molecular weight is 200 g/mol. The van der Waals surface area contributed by atoms with Crippen LogP contribution in [0, 0.1) is 5.92 Å². The third kappa shape index (κ3) is 3.95. The molecule has 2 unspecified atom stereocenters. The molecule has 3 heteroatoms. The number of rotatable bonds is 3. The van der Waals surface area contributed by atoms with E-state index >= 15 is 0 Å². The first-order chi connectivity index (χ1) is 6.53. The highest BCUT2D eigenvalue weighted by Crippen LogP contribution is 2.17. The highest BCUT2D eigenvalue weighted by molar-refractivity contribution is 4.79. The van der Waals surface area contributed by atoms with Crippen molar-refractivity contribution in [2.75, 3.05) is 26.2 Å². The molecule has 0 aromatic carbocycles. The van der Waals surface area contributed by atoms with Gasteiger partial charge < -0.3 is 15.7 Å². The summed E-state index contributed by atoms with van der Waals surface area (Å²) in [5, 5.41) is 9.87. The average Bonchev–Trinajstić information content (AvgIpc) is 2.31. The van der Waals surface area contributed by atoms with E-state index < -0.39 is 5.60 Å². The molecule has 3 nitrogen and oxygen atoms in total. The molecule has 0 amide bonds. The van der Waals surface area contributed by atoms with Gasteiger partial charge in [-0.25, -0.2) is 0 Å². The molecular weight excluding hydrogens is 176 g/mol. The molecule has 14 heavy (non-hydrogen) atoms. The molecule has 1 heterocycles. The van der Waals surface area contributed by atoms with E-state index in [1.807, 2.05) is 6.92 Å². The van der Waals surface area contributed by atoms with Gasteiger partial charge in [0.05, 0.1) is 5.60 Å². The fraction of sp³-hybridized carbons (Fsp3) is 1.00. The Kier molecular flexibility index (Phi) is 4.35. The van der Waals surface area contributed by atoms with Crippen molar-refractivity contribution in [2.24, 2.45) is 11.7 Å². The highest BCUT2D eigenvalue weighted by Gasteiger charge is 2.23. The third-order valence-corrected chi connectivity index (χ3v) is 3.11. The number of nitrogens with two attached hydrogens (primary N) is 1. The van der Waals surface area contributed by atoms with Crippen molar-refractivity contribution in [2.45, 2.75) is 38.7 Å². The van der Waals surface area contributed by atoms with Gasteiger partial charge in [-0.3, -0.25) is 0 Å². The van der Waals surface area contributed by atoms with E-state index in [1.165, 1.54) is 19.3 Å². The van der Waals surface area contributed by atoms with Crippen LogP contribution in [-0.2, 0) is 0 Å². The maximum atomic E-state index is 9.87. The zero-order chi connectivity index (χ0) is 10.6. The van der Waals surface area contributed by atoms with Crippen molar-refractivity contribution < 1.29 is 5.11 Å². The number of β-amino-alcohol motifs (C(OH)–C–C–N with tert-alkyl or cyclic N) is 1. The Morgan fingerprint density at radius 1 is 1.43 bits per heavy atom. The van der Waals surface area contributed by atoms with E-state index in [1.54, 1.807) is 0 Å². The van der Waals surface area contributed by atoms with Crippen LogP contribution in [0.5, 0.6) is 0 Å². The lowest BCUT2D eigenvalue weighted by Crippen LogP contribution is -2.46. The number of aliphatic hydroxyl groups is 1. The predicted octanol–water partition coefficient (Wildman–Crippen LogP) is 0.818. The molecule has 84 valence electrons. The zero-order valence-corrected chi connectivity index (χ0v) is 9.50. The van der Waals surface area contributed by atoms with Crippen LogP contribution in [0.1, 0.15) is 33.1 Å². The molecule has 0 spiro atoms. The molecule has 0 radical (unpaired) electrons. The first kappa shape index (κ1) is 12.0. The molecule has 0 aliphatic carbocycles. The SMILES string of the molecule is CC1CCCN(CC(C)(O)CN)CC1. The van der Waals surface area contributed by atoms with E-state index in [0.717, 1.165) is 25.6 Å². The minimum Gasteiger partial charge on any atom is -0.388 e. The lowest BCUT2D eigenvalue weighted by molar-refractivity contribution is 0.0281. The smallest absolute Gasteiger partial charge is 0.0867 e. The van der Waals surface area contributed by atoms with Crippen LogP contribution < -0.4 is 5.73 Å². The lowest BCUT2D eigenvalue weighted by Gasteiger charge is -2.29. The molecule has 0 aromatic rings. The summed E-state index contributed by atoms with van der Waals surface area (Å²) >= 11 is 0. The molecular formula is C11H24N2O. The van der Waals surface area contributed by atoms with Crippen LogP contribution >= 0.6 is 0 Å². The van der Waals surface area contributed by atoms with Gasteiger partial charge in [-0.1, -0.05) is 6.92 Å². The van der Waals surface area contributed by atoms with Crippen molar-refractivity contribution in [3.63, 3.8) is 0 Å². The van der Waals surface area contributed by atoms with E-state index in [-0.39, 0.29) is 0 Å². The number of hydrogen-bond donors (Lipinski definition) is 2. The first-order valence-corrected chi connectivity index (χ1v) is 5.68. The van der Waals surface area contributed by atoms with Crippen LogP contribution in [-0.4, -0.2) is 41.8 Å². The van der Waals surface area contributed by atoms with Gasteiger partial charge in [0, 0.05) is 13.1 Å². The Morgan fingerprint density at radius 2 is 2.14 bits per heavy atom. The van der Waals surface area contributed by atoms with Crippen molar-refractivity contribution in [1.29, 1.82) is 0 Å². The van der Waals surface area contributed by atoms with Gasteiger partial charge in [0.15, 0.2) is 0 Å². The van der Waals surface area contributed by atoms with Crippen LogP contribution in [0.4, 0.5) is 0 Å². The summed E-state index contributed by atoms with van der Waals surface area (Å²) in [5.74, 6) is 0.836. The van der Waals surface area contributed by atoms with Gasteiger partial charge in [0.25, 0.3) is 0 Å². The maximum absolute atomic E-state index is 9.87. The second-order valence-electron chi connectivity index (χ2n) is 5.01. The Bertz CT molecular complexity index is 171. The summed E-state index contributed by atoms with van der Waals surface area (Å²) in [6, 6.07) is 0. The quantitative estimate of drug-likeness (QED) is 0.709. The molecule has 1 aliphatic heterocycles. The standard InChI is InChI=1S/C11H24N2O/c1-10-4-3-6-13(7-5-10)9-11(2,14)8-12/h10,14H,3-9,12H2,1-2H3. The van der Waals surface area contributed by atoms with Gasteiger partial charge in [0.1, 0.15) is 0 Å². The highest BCUT2D eigenvalue weighted by atomic mass is 16.3. The van der Waals surface area contributed by atoms with Crippen molar-refractivity contribution >= 4 is 0 Å². The number of nitrogens with zero attached hydrogens (tertiary/aromatic N) is 1. The minimum atomic E-state index is -0.715. The summed E-state index contributed by atoms with van der Waals surface area (Å²) in [7, 11) is 0. The molecule has 0 bridgehead atoms. The zero-order valence-electron chi connectivity index (χ0n) is 9.50. The van der Waals surface area contributed by atoms with E-state index in [4.69, 9.17) is 5.73 Å². The topological polar surface area (TPSA) is 49.5 Å². The summed E-state index contributed by atoms with van der Waals surface area (Å²) in [5.41, 5.74) is 4.80. The van der Waals surface area contributed by atoms with Gasteiger partial charge in [0.2, 0.25) is 0 Å². The fourth-order valence-corrected chi connectivity index (χ4v) is 2.03. The Morgan fingerprint density at radius 3 is 2.79 bits per heavy atom. The third-order valence-electron chi connectivity index (χ3n) is 3.11. The normalized spacial score (nSPS) is 29.6. The lowest BCUT2D eigenvalue weighted by atomic mass is 10.0. The van der Waals surface area contributed by atoms with Crippen LogP contribution in [0.15, 0.2) is 0 Å². The molecule has 1 rings (SSSR count). The van der Waals surface area contributed by atoms with Crippen molar-refractivity contribution in [3.8, 4) is 0 Å². The monoisotopic (exact) mass is 200 g/mol. The second-order valence-corrected chi connectivity index (χ2v) is 5.01. The second kappa shape index (κ2) is 5.10. The molecule has 0 aromatic heterocycles. The molecule has 2 atom stereocenters. The van der Waals surface area contributed by atoms with Gasteiger partial charge in [-0.2, -0.15) is 0 Å². The fourth-order valence-electron chi connectivity index (χ4n) is 2.03. The molecule has 1 saturated heterocycles. The molecule has 0 saturated carbocycles. The van der Waals surface area contributed by atoms with Gasteiger partial charge in [-0.15, -0.1) is 0 Å². The van der Waals surface area contributed by atoms with Crippen LogP contribution in [0.2, 0.25) is 0 Å². The van der Waals surface area contributed by atoms with Crippen molar-refractivity contribution in [3.05, 3.63) is 0 Å². The minimum absolute atomic E-state index is 0.346. The van der Waals surface area contributed by atoms with Gasteiger partial charge >= 0.3 is 0 Å². The van der Waals surface area contributed by atoms with E-state index in [2.05, 4.69) is 11.8 Å². The molecule has 1 aliphatic rings. The Balaban J connectivity index is 2.37. The maximum Gasteiger partial charge on any atom is 0.0867 e. The summed E-state index contributed by atoms with van der Waals surface area (Å²) in [6.45, 7) is 7.42. The summed E-state index contributed by atoms with van der Waals surface area (Å²) < 4.78 is 0. The van der Waals surface area contributed by atoms with Crippen LogP contribution in [0.3, 0.4) is 0 Å². The Hall–Kier alpha value is -0.120. The van der Waals surface area contributed by atoms with E-state index in [9.17, 15) is 5.11 Å². The summed E-state index contributed by atoms with van der Waals surface area (Å²) in [6.07, 6.45) is 3.82. The van der Waals surface area contributed by atoms with Gasteiger partial charge in [-0.05, 0) is 45.2 Å². The summed E-state index contributed by atoms with van der Waals surface area (Å²) in [4.78, 5) is 2.34. The first-order valence-electron chi connectivity index (χ1n) is 5.68. The number of hydrogen-bond acceptors (Lipinski definition) is 3.